The maximum absolute atomic E-state index is 11.9. The number of carbonyl (C=O) groups is 1. The van der Waals surface area contributed by atoms with Crippen LogP contribution in [0.25, 0.3) is 0 Å². The predicted molar refractivity (Wildman–Crippen MR) is 90.4 cm³/mol. The van der Waals surface area contributed by atoms with Gasteiger partial charge in [0.2, 0.25) is 5.91 Å². The highest BCUT2D eigenvalue weighted by Crippen LogP contribution is 2.19. The average molecular weight is 347 g/mol. The number of hydrogen-bond donors (Lipinski definition) is 2. The summed E-state index contributed by atoms with van der Waals surface area (Å²) >= 11 is 3.44. The van der Waals surface area contributed by atoms with Gasteiger partial charge in [-0.25, -0.2) is 0 Å². The fourth-order valence-electron chi connectivity index (χ4n) is 2.07. The first-order valence-corrected chi connectivity index (χ1v) is 7.66. The normalized spacial score (nSPS) is 10.4. The van der Waals surface area contributed by atoms with Crippen LogP contribution in [0.4, 0.5) is 5.69 Å². The maximum Gasteiger partial charge on any atom is 0.238 e. The van der Waals surface area contributed by atoms with E-state index in [1.54, 1.807) is 0 Å². The molecular weight excluding hydrogens is 328 g/mol. The number of amides is 1. The molecule has 2 aromatic rings. The minimum atomic E-state index is -0.0376. The molecule has 4 heteroatoms. The lowest BCUT2D eigenvalue weighted by Crippen LogP contribution is -2.27. The molecular formula is C17H19BrN2O. The average Bonchev–Trinajstić information content (AvgIpc) is 2.43. The van der Waals surface area contributed by atoms with E-state index in [4.69, 9.17) is 0 Å². The molecule has 0 spiro atoms. The number of aryl methyl sites for hydroxylation is 2. The molecule has 2 N–H and O–H groups in total. The van der Waals surface area contributed by atoms with Gasteiger partial charge in [0.15, 0.2) is 0 Å². The third kappa shape index (κ3) is 4.99. The summed E-state index contributed by atoms with van der Waals surface area (Å²) in [5.74, 6) is -0.0376. The minimum absolute atomic E-state index is 0.0376. The molecule has 2 aromatic carbocycles. The number of anilines is 1. The molecule has 2 rings (SSSR count). The van der Waals surface area contributed by atoms with Crippen molar-refractivity contribution in [3.05, 3.63) is 63.6 Å². The van der Waals surface area contributed by atoms with Crippen molar-refractivity contribution in [3.63, 3.8) is 0 Å². The van der Waals surface area contributed by atoms with Gasteiger partial charge in [-0.3, -0.25) is 4.79 Å². The van der Waals surface area contributed by atoms with Gasteiger partial charge in [-0.2, -0.15) is 0 Å². The molecule has 0 saturated heterocycles. The lowest BCUT2D eigenvalue weighted by molar-refractivity contribution is -0.115. The van der Waals surface area contributed by atoms with Crippen molar-refractivity contribution in [1.29, 1.82) is 0 Å². The van der Waals surface area contributed by atoms with Crippen molar-refractivity contribution in [2.75, 3.05) is 11.9 Å². The van der Waals surface area contributed by atoms with Gasteiger partial charge < -0.3 is 10.6 Å². The van der Waals surface area contributed by atoms with Gasteiger partial charge in [0.1, 0.15) is 0 Å². The van der Waals surface area contributed by atoms with E-state index in [9.17, 15) is 4.79 Å². The standard InChI is InChI=1S/C17H19BrN2O/c1-12-4-3-5-14(8-12)10-19-11-17(21)20-15-6-7-16(18)13(2)9-15/h3-9,19H,10-11H2,1-2H3,(H,20,21). The smallest absolute Gasteiger partial charge is 0.238 e. The Kier molecular flexibility index (Phi) is 5.53. The Hall–Kier alpha value is -1.65. The van der Waals surface area contributed by atoms with E-state index in [0.717, 1.165) is 15.7 Å². The lowest BCUT2D eigenvalue weighted by Gasteiger charge is -2.08. The number of rotatable bonds is 5. The first-order valence-electron chi connectivity index (χ1n) is 6.87. The van der Waals surface area contributed by atoms with Gasteiger partial charge in [0.25, 0.3) is 0 Å². The monoisotopic (exact) mass is 346 g/mol. The summed E-state index contributed by atoms with van der Waals surface area (Å²) in [4.78, 5) is 11.9. The Morgan fingerprint density at radius 1 is 1.14 bits per heavy atom. The number of hydrogen-bond acceptors (Lipinski definition) is 2. The van der Waals surface area contributed by atoms with Gasteiger partial charge in [-0.1, -0.05) is 45.8 Å². The van der Waals surface area contributed by atoms with Crippen LogP contribution in [0.2, 0.25) is 0 Å². The second-order valence-corrected chi connectivity index (χ2v) is 5.96. The molecule has 0 bridgehead atoms. The molecule has 0 radical (unpaired) electrons. The summed E-state index contributed by atoms with van der Waals surface area (Å²) < 4.78 is 1.04. The topological polar surface area (TPSA) is 41.1 Å². The Morgan fingerprint density at radius 2 is 1.95 bits per heavy atom. The zero-order valence-corrected chi connectivity index (χ0v) is 13.8. The van der Waals surface area contributed by atoms with Crippen LogP contribution in [0.1, 0.15) is 16.7 Å². The quantitative estimate of drug-likeness (QED) is 0.864. The number of benzene rings is 2. The summed E-state index contributed by atoms with van der Waals surface area (Å²) in [6.45, 7) is 5.04. The number of halogens is 1. The minimum Gasteiger partial charge on any atom is -0.325 e. The maximum atomic E-state index is 11.9. The van der Waals surface area contributed by atoms with Crippen LogP contribution in [0.3, 0.4) is 0 Å². The molecule has 21 heavy (non-hydrogen) atoms. The molecule has 0 aliphatic rings. The fourth-order valence-corrected chi connectivity index (χ4v) is 2.32. The highest BCUT2D eigenvalue weighted by molar-refractivity contribution is 9.10. The third-order valence-corrected chi connectivity index (χ3v) is 4.03. The Balaban J connectivity index is 1.81. The van der Waals surface area contributed by atoms with E-state index >= 15 is 0 Å². The molecule has 0 saturated carbocycles. The molecule has 0 unspecified atom stereocenters. The predicted octanol–water partition coefficient (Wildman–Crippen LogP) is 3.79. The van der Waals surface area contributed by atoms with E-state index < -0.39 is 0 Å². The van der Waals surface area contributed by atoms with Crippen LogP contribution in [0, 0.1) is 13.8 Å². The second kappa shape index (κ2) is 7.38. The summed E-state index contributed by atoms with van der Waals surface area (Å²) in [6, 6.07) is 14.0. The van der Waals surface area contributed by atoms with Gasteiger partial charge in [0.05, 0.1) is 6.54 Å². The lowest BCUT2D eigenvalue weighted by atomic mass is 10.1. The van der Waals surface area contributed by atoms with E-state index in [-0.39, 0.29) is 5.91 Å². The van der Waals surface area contributed by atoms with Crippen LogP contribution in [-0.2, 0) is 11.3 Å². The summed E-state index contributed by atoms with van der Waals surface area (Å²) in [7, 11) is 0. The van der Waals surface area contributed by atoms with Gasteiger partial charge >= 0.3 is 0 Å². The van der Waals surface area contributed by atoms with Crippen LogP contribution in [0.15, 0.2) is 46.9 Å². The molecule has 0 atom stereocenters. The van der Waals surface area contributed by atoms with Gasteiger partial charge in [-0.05, 0) is 43.2 Å². The SMILES string of the molecule is Cc1cccc(CNCC(=O)Nc2ccc(Br)c(C)c2)c1. The first kappa shape index (κ1) is 15.7. The number of nitrogens with one attached hydrogen (secondary N) is 2. The Labute approximate surface area is 133 Å². The zero-order chi connectivity index (χ0) is 15.2. The molecule has 0 aliphatic heterocycles. The molecule has 110 valence electrons. The van der Waals surface area contributed by atoms with Crippen LogP contribution >= 0.6 is 15.9 Å². The molecule has 0 heterocycles. The molecule has 3 nitrogen and oxygen atoms in total. The fraction of sp³-hybridized carbons (Fsp3) is 0.235. The molecule has 0 aliphatic carbocycles. The van der Waals surface area contributed by atoms with Crippen molar-refractivity contribution in [1.82, 2.24) is 5.32 Å². The highest BCUT2D eigenvalue weighted by atomic mass is 79.9. The number of carbonyl (C=O) groups excluding carboxylic acids is 1. The van der Waals surface area contributed by atoms with E-state index in [2.05, 4.69) is 51.7 Å². The van der Waals surface area contributed by atoms with Crippen molar-refractivity contribution in [2.24, 2.45) is 0 Å². The summed E-state index contributed by atoms with van der Waals surface area (Å²) in [6.07, 6.45) is 0. The van der Waals surface area contributed by atoms with Crippen LogP contribution in [0.5, 0.6) is 0 Å². The first-order chi connectivity index (χ1) is 10.0. The Morgan fingerprint density at radius 3 is 2.67 bits per heavy atom. The van der Waals surface area contributed by atoms with Crippen molar-refractivity contribution in [2.45, 2.75) is 20.4 Å². The third-order valence-electron chi connectivity index (χ3n) is 3.14. The summed E-state index contributed by atoms with van der Waals surface area (Å²) in [5.41, 5.74) is 4.32. The van der Waals surface area contributed by atoms with Crippen molar-refractivity contribution >= 4 is 27.5 Å². The molecule has 1 amide bonds. The van der Waals surface area contributed by atoms with Gasteiger partial charge in [0, 0.05) is 16.7 Å². The van der Waals surface area contributed by atoms with Crippen molar-refractivity contribution < 1.29 is 4.79 Å². The summed E-state index contributed by atoms with van der Waals surface area (Å²) in [5, 5.41) is 6.04. The zero-order valence-electron chi connectivity index (χ0n) is 12.2. The highest BCUT2D eigenvalue weighted by Gasteiger charge is 2.03. The van der Waals surface area contributed by atoms with Crippen LogP contribution in [-0.4, -0.2) is 12.5 Å². The van der Waals surface area contributed by atoms with Crippen molar-refractivity contribution in [3.8, 4) is 0 Å². The van der Waals surface area contributed by atoms with E-state index in [1.807, 2.05) is 31.2 Å². The largest absolute Gasteiger partial charge is 0.325 e. The van der Waals surface area contributed by atoms with Crippen LogP contribution < -0.4 is 10.6 Å². The second-order valence-electron chi connectivity index (χ2n) is 5.10. The van der Waals surface area contributed by atoms with E-state index in [0.29, 0.717) is 13.1 Å². The van der Waals surface area contributed by atoms with Gasteiger partial charge in [-0.15, -0.1) is 0 Å². The van der Waals surface area contributed by atoms with E-state index in [1.165, 1.54) is 11.1 Å². The Bertz CT molecular complexity index is 640. The molecule has 0 aromatic heterocycles. The molecule has 0 fully saturated rings.